The molecule has 1 aliphatic heterocycles. The summed E-state index contributed by atoms with van der Waals surface area (Å²) in [5.74, 6) is 0.389. The maximum Gasteiger partial charge on any atom is 0.417 e. The number of rotatable bonds is 5. The minimum Gasteiger partial charge on any atom is -0.364 e. The first-order chi connectivity index (χ1) is 14.5. The minimum absolute atomic E-state index is 0.212. The van der Waals surface area contributed by atoms with E-state index in [1.165, 1.54) is 25.2 Å². The van der Waals surface area contributed by atoms with Crippen molar-refractivity contribution in [2.24, 2.45) is 0 Å². The molecule has 168 valence electrons. The van der Waals surface area contributed by atoms with Crippen LogP contribution in [0.3, 0.4) is 0 Å². The number of halogens is 3. The molecule has 1 N–H and O–H groups in total. The summed E-state index contributed by atoms with van der Waals surface area (Å²) in [6, 6.07) is 5.99. The van der Waals surface area contributed by atoms with Gasteiger partial charge in [0.25, 0.3) is 5.69 Å². The van der Waals surface area contributed by atoms with E-state index in [-0.39, 0.29) is 16.3 Å². The van der Waals surface area contributed by atoms with Crippen molar-refractivity contribution in [3.05, 3.63) is 52.2 Å². The van der Waals surface area contributed by atoms with Crippen molar-refractivity contribution in [3.63, 3.8) is 0 Å². The Hall–Kier alpha value is -2.93. The second kappa shape index (κ2) is 8.67. The fourth-order valence-electron chi connectivity index (χ4n) is 3.33. The quantitative estimate of drug-likeness (QED) is 0.541. The number of benzene rings is 1. The Balaban J connectivity index is 1.81. The summed E-state index contributed by atoms with van der Waals surface area (Å²) < 4.78 is 64.3. The lowest BCUT2D eigenvalue weighted by Crippen LogP contribution is -2.31. The Bertz CT molecular complexity index is 1060. The third kappa shape index (κ3) is 5.05. The molecule has 0 aliphatic carbocycles. The van der Waals surface area contributed by atoms with Crippen LogP contribution in [0, 0.1) is 10.1 Å². The molecule has 0 atom stereocenters. The van der Waals surface area contributed by atoms with Crippen LogP contribution in [0.2, 0.25) is 0 Å². The smallest absolute Gasteiger partial charge is 0.364 e. The third-order valence-electron chi connectivity index (χ3n) is 4.96. The van der Waals surface area contributed by atoms with Gasteiger partial charge in [-0.25, -0.2) is 18.1 Å². The van der Waals surface area contributed by atoms with Gasteiger partial charge in [-0.05, 0) is 37.7 Å². The molecule has 2 aromatic rings. The predicted octanol–water partition coefficient (Wildman–Crippen LogP) is 2.63. The van der Waals surface area contributed by atoms with E-state index < -0.39 is 26.7 Å². The van der Waals surface area contributed by atoms with Crippen molar-refractivity contribution in [1.82, 2.24) is 9.71 Å². The largest absolute Gasteiger partial charge is 0.417 e. The Morgan fingerprint density at radius 3 is 2.35 bits per heavy atom. The Labute approximate surface area is 176 Å². The second-order valence-electron chi connectivity index (χ2n) is 6.85. The number of sulfonamides is 1. The highest BCUT2D eigenvalue weighted by Crippen LogP contribution is 2.32. The maximum atomic E-state index is 12.7. The average molecular weight is 459 g/mol. The van der Waals surface area contributed by atoms with Crippen LogP contribution >= 0.6 is 0 Å². The summed E-state index contributed by atoms with van der Waals surface area (Å²) in [7, 11) is -2.62. The molecule has 1 saturated heterocycles. The van der Waals surface area contributed by atoms with Gasteiger partial charge in [0.05, 0.1) is 15.4 Å². The number of nitro groups is 1. The summed E-state index contributed by atoms with van der Waals surface area (Å²) in [4.78, 5) is 18.2. The third-order valence-corrected chi connectivity index (χ3v) is 6.37. The van der Waals surface area contributed by atoms with Crippen molar-refractivity contribution in [2.75, 3.05) is 43.0 Å². The first-order valence-electron chi connectivity index (χ1n) is 9.28. The maximum absolute atomic E-state index is 12.7. The topological polar surface area (TPSA) is 109 Å². The first kappa shape index (κ1) is 22.7. The molecule has 31 heavy (non-hydrogen) atoms. The normalized spacial score (nSPS) is 15.6. The predicted molar refractivity (Wildman–Crippen MR) is 108 cm³/mol. The monoisotopic (exact) mass is 459 g/mol. The number of nitrogens with one attached hydrogen (secondary N) is 1. The summed E-state index contributed by atoms with van der Waals surface area (Å²) in [5.41, 5.74) is -0.889. The van der Waals surface area contributed by atoms with Gasteiger partial charge in [0, 0.05) is 38.4 Å². The van der Waals surface area contributed by atoms with Crippen LogP contribution in [0.15, 0.2) is 41.4 Å². The minimum atomic E-state index is -4.47. The van der Waals surface area contributed by atoms with Crippen LogP contribution < -0.4 is 14.5 Å². The van der Waals surface area contributed by atoms with E-state index in [1.54, 1.807) is 4.90 Å². The molecule has 0 amide bonds. The lowest BCUT2D eigenvalue weighted by Gasteiger charge is -2.24. The van der Waals surface area contributed by atoms with Gasteiger partial charge in [-0.3, -0.25) is 10.1 Å². The number of nitro benzene ring substituents is 1. The van der Waals surface area contributed by atoms with Crippen molar-refractivity contribution in [2.45, 2.75) is 17.5 Å². The number of nitrogens with zero attached hydrogens (tertiary/aromatic N) is 4. The molecular formula is C18H20F3N5O4S. The molecule has 0 spiro atoms. The summed E-state index contributed by atoms with van der Waals surface area (Å²) in [6.45, 7) is 1.69. The van der Waals surface area contributed by atoms with E-state index in [0.29, 0.717) is 38.4 Å². The van der Waals surface area contributed by atoms with E-state index in [9.17, 15) is 31.7 Å². The summed E-state index contributed by atoms with van der Waals surface area (Å²) >= 11 is 0. The molecular weight excluding hydrogens is 439 g/mol. The number of hydrogen-bond acceptors (Lipinski definition) is 7. The van der Waals surface area contributed by atoms with E-state index in [1.807, 2.05) is 4.90 Å². The van der Waals surface area contributed by atoms with Gasteiger partial charge in [0.15, 0.2) is 0 Å². The molecule has 3 rings (SSSR count). The molecule has 9 nitrogen and oxygen atoms in total. The fourth-order valence-corrected chi connectivity index (χ4v) is 4.08. The Morgan fingerprint density at radius 2 is 1.77 bits per heavy atom. The van der Waals surface area contributed by atoms with Gasteiger partial charge in [-0.15, -0.1) is 0 Å². The Kier molecular flexibility index (Phi) is 6.36. The van der Waals surface area contributed by atoms with Gasteiger partial charge in [0.1, 0.15) is 11.5 Å². The van der Waals surface area contributed by atoms with Crippen molar-refractivity contribution < 1.29 is 26.5 Å². The highest BCUT2D eigenvalue weighted by atomic mass is 32.2. The van der Waals surface area contributed by atoms with Crippen molar-refractivity contribution in [1.29, 1.82) is 0 Å². The number of aromatic nitrogens is 1. The Morgan fingerprint density at radius 1 is 1.10 bits per heavy atom. The van der Waals surface area contributed by atoms with Gasteiger partial charge in [-0.1, -0.05) is 0 Å². The molecule has 1 aromatic heterocycles. The average Bonchev–Trinajstić information content (AvgIpc) is 2.99. The molecule has 1 aromatic carbocycles. The highest BCUT2D eigenvalue weighted by molar-refractivity contribution is 7.89. The van der Waals surface area contributed by atoms with Crippen LogP contribution in [0.4, 0.5) is 30.4 Å². The van der Waals surface area contributed by atoms with Crippen LogP contribution in [-0.4, -0.2) is 51.6 Å². The van der Waals surface area contributed by atoms with Crippen LogP contribution in [0.5, 0.6) is 0 Å². The number of alkyl halides is 3. The molecule has 0 saturated carbocycles. The van der Waals surface area contributed by atoms with E-state index >= 15 is 0 Å². The zero-order valence-corrected chi connectivity index (χ0v) is 17.3. The van der Waals surface area contributed by atoms with E-state index in [0.717, 1.165) is 18.3 Å². The lowest BCUT2D eigenvalue weighted by atomic mass is 10.2. The van der Waals surface area contributed by atoms with E-state index in [2.05, 4.69) is 9.71 Å². The lowest BCUT2D eigenvalue weighted by molar-refractivity contribution is -0.384. The van der Waals surface area contributed by atoms with Crippen LogP contribution in [-0.2, 0) is 16.2 Å². The van der Waals surface area contributed by atoms with E-state index in [4.69, 9.17) is 0 Å². The molecule has 1 fully saturated rings. The zero-order chi connectivity index (χ0) is 22.8. The van der Waals surface area contributed by atoms with Crippen LogP contribution in [0.25, 0.3) is 0 Å². The number of anilines is 2. The number of pyridine rings is 1. The van der Waals surface area contributed by atoms with Gasteiger partial charge >= 0.3 is 6.18 Å². The molecule has 0 unspecified atom stereocenters. The summed E-state index contributed by atoms with van der Waals surface area (Å²) in [5, 5.41) is 11.6. The highest BCUT2D eigenvalue weighted by Gasteiger charge is 2.31. The van der Waals surface area contributed by atoms with Crippen molar-refractivity contribution >= 4 is 27.2 Å². The molecule has 13 heteroatoms. The van der Waals surface area contributed by atoms with Gasteiger partial charge < -0.3 is 9.80 Å². The molecule has 2 heterocycles. The van der Waals surface area contributed by atoms with Crippen molar-refractivity contribution in [3.8, 4) is 0 Å². The standard InChI is InChI=1S/C18H20F3N5O4S/c1-22-31(29,30)14-4-5-15(16(11-14)26(27)28)24-7-2-8-25(10-9-24)17-6-3-13(12-23-17)18(19,20)21/h3-6,11-12,22H,2,7-10H2,1H3. The van der Waals surface area contributed by atoms with Crippen LogP contribution in [0.1, 0.15) is 12.0 Å². The van der Waals surface area contributed by atoms with Gasteiger partial charge in [-0.2, -0.15) is 13.2 Å². The SMILES string of the molecule is CNS(=O)(=O)c1ccc(N2CCCN(c3ccc(C(F)(F)F)cn3)CC2)c([N+](=O)[O-])c1. The first-order valence-corrected chi connectivity index (χ1v) is 10.8. The summed E-state index contributed by atoms with van der Waals surface area (Å²) in [6.07, 6.45) is -3.10. The zero-order valence-electron chi connectivity index (χ0n) is 16.5. The molecule has 0 radical (unpaired) electrons. The molecule has 1 aliphatic rings. The second-order valence-corrected chi connectivity index (χ2v) is 8.73. The number of hydrogen-bond donors (Lipinski definition) is 1. The molecule has 0 bridgehead atoms. The van der Waals surface area contributed by atoms with Gasteiger partial charge in [0.2, 0.25) is 10.0 Å². The fraction of sp³-hybridized carbons (Fsp3) is 0.389.